The number of amides is 2. The van der Waals surface area contributed by atoms with E-state index in [0.717, 1.165) is 17.8 Å². The zero-order valence-electron chi connectivity index (χ0n) is 16.9. The van der Waals surface area contributed by atoms with Crippen LogP contribution in [0, 0.1) is 5.82 Å². The maximum absolute atomic E-state index is 13.7. The van der Waals surface area contributed by atoms with E-state index in [0.29, 0.717) is 21.7 Å². The smallest absolute Gasteiger partial charge is 0.272 e. The fourth-order valence-electron chi connectivity index (χ4n) is 2.99. The van der Waals surface area contributed by atoms with E-state index in [4.69, 9.17) is 16.0 Å². The highest BCUT2D eigenvalue weighted by Gasteiger charge is 2.16. The van der Waals surface area contributed by atoms with E-state index in [1.807, 2.05) is 0 Å². The third-order valence-electron chi connectivity index (χ3n) is 4.54. The number of hydrogen-bond donors (Lipinski definition) is 2. The minimum atomic E-state index is -0.792. The molecule has 33 heavy (non-hydrogen) atoms. The molecule has 0 atom stereocenters. The summed E-state index contributed by atoms with van der Waals surface area (Å²) in [6.07, 6.45) is 1.49. The lowest BCUT2D eigenvalue weighted by Crippen LogP contribution is -2.42. The number of nitrogens with zero attached hydrogens (tertiary/aromatic N) is 2. The number of carbonyl (C=O) groups excluding carboxylic acids is 2. The highest BCUT2D eigenvalue weighted by molar-refractivity contribution is 7.99. The van der Waals surface area contributed by atoms with Gasteiger partial charge < -0.3 is 4.42 Å². The number of hydrogen-bond acceptors (Lipinski definition) is 6. The Balaban J connectivity index is 1.51. The normalized spacial score (nSPS) is 10.8. The minimum Gasteiger partial charge on any atom is -0.467 e. The molecule has 0 saturated carbocycles. The van der Waals surface area contributed by atoms with E-state index in [1.54, 1.807) is 30.3 Å². The van der Waals surface area contributed by atoms with Gasteiger partial charge in [0.05, 0.1) is 35.0 Å². The zero-order chi connectivity index (χ0) is 23.4. The highest BCUT2D eigenvalue weighted by Crippen LogP contribution is 2.21. The van der Waals surface area contributed by atoms with Crippen molar-refractivity contribution < 1.29 is 18.4 Å². The molecular formula is C22H16ClFN4O4S. The first-order valence-electron chi connectivity index (χ1n) is 9.61. The van der Waals surface area contributed by atoms with Gasteiger partial charge in [-0.05, 0) is 42.5 Å². The summed E-state index contributed by atoms with van der Waals surface area (Å²) in [5.41, 5.74) is 4.25. The lowest BCUT2D eigenvalue weighted by Gasteiger charge is -2.12. The molecule has 2 amide bonds. The molecule has 0 unspecified atom stereocenters. The summed E-state index contributed by atoms with van der Waals surface area (Å²) in [6, 6.07) is 13.6. The number of hydrazine groups is 1. The molecule has 2 aromatic carbocycles. The van der Waals surface area contributed by atoms with Crippen molar-refractivity contribution in [2.45, 2.75) is 11.7 Å². The molecule has 0 bridgehead atoms. The Labute approximate surface area is 195 Å². The first-order chi connectivity index (χ1) is 15.9. The summed E-state index contributed by atoms with van der Waals surface area (Å²) in [5, 5.41) is 1.06. The Morgan fingerprint density at radius 2 is 1.94 bits per heavy atom. The van der Waals surface area contributed by atoms with Crippen molar-refractivity contribution in [2.24, 2.45) is 0 Å². The van der Waals surface area contributed by atoms with Crippen LogP contribution >= 0.6 is 23.4 Å². The van der Waals surface area contributed by atoms with Crippen LogP contribution in [0.25, 0.3) is 10.9 Å². The van der Waals surface area contributed by atoms with Gasteiger partial charge in [0.15, 0.2) is 5.16 Å². The van der Waals surface area contributed by atoms with Gasteiger partial charge in [-0.25, -0.2) is 9.37 Å². The van der Waals surface area contributed by atoms with Crippen LogP contribution in [-0.2, 0) is 11.3 Å². The van der Waals surface area contributed by atoms with Gasteiger partial charge in [-0.15, -0.1) is 0 Å². The van der Waals surface area contributed by atoms with Crippen molar-refractivity contribution in [3.8, 4) is 0 Å². The molecule has 0 fully saturated rings. The molecule has 0 aliphatic heterocycles. The number of thioether (sulfide) groups is 1. The van der Waals surface area contributed by atoms with Crippen LogP contribution in [0.15, 0.2) is 75.2 Å². The Kier molecular flexibility index (Phi) is 6.76. The van der Waals surface area contributed by atoms with E-state index in [9.17, 15) is 18.8 Å². The summed E-state index contributed by atoms with van der Waals surface area (Å²) >= 11 is 7.03. The molecular weight excluding hydrogens is 471 g/mol. The van der Waals surface area contributed by atoms with E-state index in [-0.39, 0.29) is 28.6 Å². The molecule has 0 aliphatic carbocycles. The molecule has 8 nitrogen and oxygen atoms in total. The third-order valence-corrected chi connectivity index (χ3v) is 5.75. The van der Waals surface area contributed by atoms with Gasteiger partial charge in [0.2, 0.25) is 5.91 Å². The lowest BCUT2D eigenvalue weighted by atomic mass is 10.2. The molecule has 2 aromatic heterocycles. The van der Waals surface area contributed by atoms with Gasteiger partial charge >= 0.3 is 0 Å². The van der Waals surface area contributed by atoms with Gasteiger partial charge in [0.1, 0.15) is 11.6 Å². The predicted molar refractivity (Wildman–Crippen MR) is 122 cm³/mol. The van der Waals surface area contributed by atoms with Gasteiger partial charge in [-0.3, -0.25) is 29.8 Å². The molecule has 4 rings (SSSR count). The molecule has 0 saturated heterocycles. The number of nitrogens with one attached hydrogen (secondary N) is 2. The zero-order valence-corrected chi connectivity index (χ0v) is 18.5. The van der Waals surface area contributed by atoms with Crippen LogP contribution in [-0.4, -0.2) is 27.1 Å². The largest absolute Gasteiger partial charge is 0.467 e. The van der Waals surface area contributed by atoms with Crippen LogP contribution in [0.3, 0.4) is 0 Å². The summed E-state index contributed by atoms with van der Waals surface area (Å²) in [5.74, 6) is -1.71. The Morgan fingerprint density at radius 3 is 2.70 bits per heavy atom. The quantitative estimate of drug-likeness (QED) is 0.246. The molecule has 4 aromatic rings. The first-order valence-corrected chi connectivity index (χ1v) is 11.0. The van der Waals surface area contributed by atoms with Crippen molar-refractivity contribution in [1.29, 1.82) is 0 Å². The molecule has 0 aliphatic rings. The summed E-state index contributed by atoms with van der Waals surface area (Å²) in [4.78, 5) is 41.9. The van der Waals surface area contributed by atoms with Gasteiger partial charge in [-0.1, -0.05) is 35.5 Å². The Bertz CT molecular complexity index is 1390. The fraction of sp³-hybridized carbons (Fsp3) is 0.0909. The summed E-state index contributed by atoms with van der Waals surface area (Å²) < 4.78 is 20.4. The van der Waals surface area contributed by atoms with Crippen molar-refractivity contribution >= 4 is 46.1 Å². The second-order valence-electron chi connectivity index (χ2n) is 6.80. The molecule has 0 spiro atoms. The Morgan fingerprint density at radius 1 is 1.12 bits per heavy atom. The number of fused-ring (bicyclic) bond motifs is 1. The van der Waals surface area contributed by atoms with Crippen molar-refractivity contribution in [3.05, 3.63) is 93.4 Å². The average molecular weight is 487 g/mol. The van der Waals surface area contributed by atoms with Crippen LogP contribution in [0.2, 0.25) is 5.02 Å². The summed E-state index contributed by atoms with van der Waals surface area (Å²) in [7, 11) is 0. The number of carbonyl (C=O) groups is 2. The molecule has 2 heterocycles. The maximum Gasteiger partial charge on any atom is 0.272 e. The number of aromatic nitrogens is 2. The summed E-state index contributed by atoms with van der Waals surface area (Å²) in [6.45, 7) is 0.116. The van der Waals surface area contributed by atoms with E-state index >= 15 is 0 Å². The second kappa shape index (κ2) is 9.88. The van der Waals surface area contributed by atoms with Crippen LogP contribution in [0.5, 0.6) is 0 Å². The van der Waals surface area contributed by atoms with Crippen LogP contribution in [0.4, 0.5) is 4.39 Å². The van der Waals surface area contributed by atoms with Gasteiger partial charge in [0.25, 0.3) is 11.5 Å². The molecule has 2 N–H and O–H groups in total. The fourth-order valence-corrected chi connectivity index (χ4v) is 3.95. The minimum absolute atomic E-state index is 0.116. The highest BCUT2D eigenvalue weighted by atomic mass is 35.5. The van der Waals surface area contributed by atoms with Crippen LogP contribution < -0.4 is 16.4 Å². The van der Waals surface area contributed by atoms with E-state index in [2.05, 4.69) is 15.8 Å². The lowest BCUT2D eigenvalue weighted by molar-refractivity contribution is -0.119. The monoisotopic (exact) mass is 486 g/mol. The average Bonchev–Trinajstić information content (AvgIpc) is 3.31. The van der Waals surface area contributed by atoms with Gasteiger partial charge in [-0.2, -0.15) is 0 Å². The topological polar surface area (TPSA) is 106 Å². The molecule has 0 radical (unpaired) electrons. The van der Waals surface area contributed by atoms with E-state index < -0.39 is 17.6 Å². The number of halogens is 2. The van der Waals surface area contributed by atoms with Crippen molar-refractivity contribution in [1.82, 2.24) is 20.4 Å². The number of benzene rings is 2. The maximum atomic E-state index is 13.7. The standard InChI is InChI=1S/C22H16ClFN4O4S/c23-13-7-8-16-18(10-13)25-22(28(21(16)31)11-14-4-3-9-32-14)33-12-19(29)26-27-20(30)15-5-1-2-6-17(15)24/h1-10H,11-12H2,(H,26,29)(H,27,30). The second-order valence-corrected chi connectivity index (χ2v) is 8.18. The van der Waals surface area contributed by atoms with Crippen molar-refractivity contribution in [3.63, 3.8) is 0 Å². The Hall–Kier alpha value is -3.63. The van der Waals surface area contributed by atoms with E-state index in [1.165, 1.54) is 29.0 Å². The van der Waals surface area contributed by atoms with Crippen molar-refractivity contribution in [2.75, 3.05) is 5.75 Å². The number of furan rings is 1. The number of rotatable bonds is 6. The first kappa shape index (κ1) is 22.6. The molecule has 168 valence electrons. The SMILES string of the molecule is O=C(CSc1nc2cc(Cl)ccc2c(=O)n1Cc1ccco1)NNC(=O)c1ccccc1F. The molecule has 11 heteroatoms. The third kappa shape index (κ3) is 5.24. The van der Waals surface area contributed by atoms with Crippen LogP contribution in [0.1, 0.15) is 16.1 Å². The van der Waals surface area contributed by atoms with Gasteiger partial charge in [0, 0.05) is 5.02 Å². The predicted octanol–water partition coefficient (Wildman–Crippen LogP) is 3.38.